The van der Waals surface area contributed by atoms with Crippen LogP contribution in [-0.2, 0) is 11.2 Å². The summed E-state index contributed by atoms with van der Waals surface area (Å²) in [5.41, 5.74) is 7.86. The van der Waals surface area contributed by atoms with Gasteiger partial charge in [-0.1, -0.05) is 35.1 Å². The van der Waals surface area contributed by atoms with E-state index in [9.17, 15) is 4.79 Å². The van der Waals surface area contributed by atoms with E-state index in [1.54, 1.807) is 13.1 Å². The Hall–Kier alpha value is -2.78. The van der Waals surface area contributed by atoms with Crippen LogP contribution in [0.2, 0.25) is 0 Å². The van der Waals surface area contributed by atoms with E-state index in [0.717, 1.165) is 26.5 Å². The summed E-state index contributed by atoms with van der Waals surface area (Å²) in [7, 11) is 0. The molecular weight excluding hydrogens is 382 g/mol. The fourth-order valence-corrected chi connectivity index (χ4v) is 4.45. The SMILES string of the molecule is CC(Sc1nc(Cc2nc(-c3cccc4ncccc34)no2)cs1)C(N)=O. The molecule has 1 aromatic carbocycles. The Labute approximate surface area is 163 Å². The third-order valence-corrected chi connectivity index (χ3v) is 6.03. The highest BCUT2D eigenvalue weighted by Crippen LogP contribution is 2.28. The summed E-state index contributed by atoms with van der Waals surface area (Å²) in [6, 6.07) is 9.68. The minimum Gasteiger partial charge on any atom is -0.369 e. The van der Waals surface area contributed by atoms with Gasteiger partial charge in [-0.25, -0.2) is 4.98 Å². The molecule has 4 aromatic rings. The Morgan fingerprint density at radius 2 is 2.19 bits per heavy atom. The highest BCUT2D eigenvalue weighted by atomic mass is 32.2. The van der Waals surface area contributed by atoms with Gasteiger partial charge in [-0.3, -0.25) is 9.78 Å². The van der Waals surface area contributed by atoms with E-state index >= 15 is 0 Å². The minimum absolute atomic E-state index is 0.320. The molecule has 1 amide bonds. The predicted molar refractivity (Wildman–Crippen MR) is 104 cm³/mol. The van der Waals surface area contributed by atoms with Gasteiger partial charge < -0.3 is 10.3 Å². The van der Waals surface area contributed by atoms with Gasteiger partial charge in [0.15, 0.2) is 4.34 Å². The van der Waals surface area contributed by atoms with Crippen LogP contribution in [0.5, 0.6) is 0 Å². The molecule has 0 saturated carbocycles. The lowest BCUT2D eigenvalue weighted by atomic mass is 10.1. The number of rotatable bonds is 6. The van der Waals surface area contributed by atoms with Crippen molar-refractivity contribution >= 4 is 39.9 Å². The lowest BCUT2D eigenvalue weighted by Gasteiger charge is -2.02. The second-order valence-corrected chi connectivity index (χ2v) is 8.28. The van der Waals surface area contributed by atoms with Crippen molar-refractivity contribution in [3.8, 4) is 11.4 Å². The average molecular weight is 397 g/mol. The number of thiazole rings is 1. The van der Waals surface area contributed by atoms with Gasteiger partial charge in [-0.2, -0.15) is 4.98 Å². The van der Waals surface area contributed by atoms with Crippen LogP contribution >= 0.6 is 23.1 Å². The summed E-state index contributed by atoms with van der Waals surface area (Å²) in [5, 5.41) is 6.68. The lowest BCUT2D eigenvalue weighted by molar-refractivity contribution is -0.117. The number of pyridine rings is 1. The zero-order valence-corrected chi connectivity index (χ0v) is 16.0. The van der Waals surface area contributed by atoms with Gasteiger partial charge in [-0.15, -0.1) is 11.3 Å². The third kappa shape index (κ3) is 3.83. The first-order valence-corrected chi connectivity index (χ1v) is 9.93. The van der Waals surface area contributed by atoms with Gasteiger partial charge in [0, 0.05) is 22.5 Å². The number of nitrogens with two attached hydrogens (primary N) is 1. The molecule has 0 spiro atoms. The van der Waals surface area contributed by atoms with Crippen LogP contribution in [0, 0.1) is 0 Å². The zero-order valence-electron chi connectivity index (χ0n) is 14.3. The molecule has 3 aromatic heterocycles. The molecule has 0 aliphatic rings. The summed E-state index contributed by atoms with van der Waals surface area (Å²) in [4.78, 5) is 24.5. The molecule has 9 heteroatoms. The number of amides is 1. The van der Waals surface area contributed by atoms with Crippen molar-refractivity contribution < 1.29 is 9.32 Å². The number of thioether (sulfide) groups is 1. The number of hydrogen-bond donors (Lipinski definition) is 1. The molecule has 4 rings (SSSR count). The van der Waals surface area contributed by atoms with Crippen molar-refractivity contribution in [1.82, 2.24) is 20.1 Å². The molecule has 0 aliphatic heterocycles. The first-order valence-electron chi connectivity index (χ1n) is 8.17. The highest BCUT2D eigenvalue weighted by molar-refractivity contribution is 8.02. The Morgan fingerprint density at radius 3 is 3.04 bits per heavy atom. The Balaban J connectivity index is 1.53. The Bertz CT molecular complexity index is 1100. The van der Waals surface area contributed by atoms with Crippen molar-refractivity contribution in [2.45, 2.75) is 22.9 Å². The van der Waals surface area contributed by atoms with Crippen molar-refractivity contribution in [2.75, 3.05) is 0 Å². The molecule has 7 nitrogen and oxygen atoms in total. The van der Waals surface area contributed by atoms with E-state index in [-0.39, 0.29) is 11.2 Å². The average Bonchev–Trinajstić information content (AvgIpc) is 3.31. The van der Waals surface area contributed by atoms with Crippen LogP contribution in [0.25, 0.3) is 22.3 Å². The first kappa shape index (κ1) is 17.6. The zero-order chi connectivity index (χ0) is 18.8. The van der Waals surface area contributed by atoms with Crippen molar-refractivity contribution in [2.24, 2.45) is 5.73 Å². The van der Waals surface area contributed by atoms with Crippen LogP contribution in [0.4, 0.5) is 0 Å². The fourth-order valence-electron chi connectivity index (χ4n) is 2.52. The highest BCUT2D eigenvalue weighted by Gasteiger charge is 2.16. The summed E-state index contributed by atoms with van der Waals surface area (Å²) in [6.45, 7) is 1.76. The van der Waals surface area contributed by atoms with Crippen LogP contribution in [0.1, 0.15) is 18.5 Å². The van der Waals surface area contributed by atoms with Crippen molar-refractivity contribution in [3.05, 3.63) is 53.5 Å². The van der Waals surface area contributed by atoms with Crippen molar-refractivity contribution in [3.63, 3.8) is 0 Å². The topological polar surface area (TPSA) is 108 Å². The standard InChI is InChI=1S/C18H15N5O2S2/c1-10(16(19)24)27-18-21-11(9-26-18)8-15-22-17(23-25-15)13-4-2-6-14-12(13)5-3-7-20-14/h2-7,9-10H,8H2,1H3,(H2,19,24). The van der Waals surface area contributed by atoms with Gasteiger partial charge >= 0.3 is 0 Å². The largest absolute Gasteiger partial charge is 0.369 e. The number of nitrogens with zero attached hydrogens (tertiary/aromatic N) is 4. The van der Waals surface area contributed by atoms with Gasteiger partial charge in [0.05, 0.1) is 22.9 Å². The monoisotopic (exact) mass is 397 g/mol. The van der Waals surface area contributed by atoms with Crippen LogP contribution in [0.3, 0.4) is 0 Å². The van der Waals surface area contributed by atoms with E-state index in [1.807, 2.05) is 35.7 Å². The quantitative estimate of drug-likeness (QED) is 0.497. The molecule has 3 heterocycles. The lowest BCUT2D eigenvalue weighted by Crippen LogP contribution is -2.22. The molecule has 27 heavy (non-hydrogen) atoms. The minimum atomic E-state index is -0.358. The molecule has 0 aliphatic carbocycles. The second kappa shape index (κ2) is 7.45. The van der Waals surface area contributed by atoms with Gasteiger partial charge in [0.2, 0.25) is 17.6 Å². The van der Waals surface area contributed by atoms with Crippen LogP contribution < -0.4 is 5.73 Å². The maximum atomic E-state index is 11.2. The fraction of sp³-hybridized carbons (Fsp3) is 0.167. The van der Waals surface area contributed by atoms with E-state index in [2.05, 4.69) is 20.1 Å². The van der Waals surface area contributed by atoms with E-state index in [0.29, 0.717) is 18.1 Å². The predicted octanol–water partition coefficient (Wildman–Crippen LogP) is 3.30. The number of carbonyl (C=O) groups is 1. The van der Waals surface area contributed by atoms with Gasteiger partial charge in [-0.05, 0) is 19.1 Å². The smallest absolute Gasteiger partial charge is 0.233 e. The number of aromatic nitrogens is 4. The van der Waals surface area contributed by atoms with E-state index in [4.69, 9.17) is 10.3 Å². The molecular formula is C18H15N5O2S2. The number of primary amides is 1. The summed E-state index contributed by atoms with van der Waals surface area (Å²) >= 11 is 2.81. The van der Waals surface area contributed by atoms with Crippen molar-refractivity contribution in [1.29, 1.82) is 0 Å². The molecule has 2 N–H and O–H groups in total. The summed E-state index contributed by atoms with van der Waals surface area (Å²) in [5.74, 6) is 0.648. The summed E-state index contributed by atoms with van der Waals surface area (Å²) in [6.07, 6.45) is 2.18. The summed E-state index contributed by atoms with van der Waals surface area (Å²) < 4.78 is 6.19. The normalized spacial score (nSPS) is 12.3. The molecule has 136 valence electrons. The van der Waals surface area contributed by atoms with E-state index in [1.165, 1.54) is 23.1 Å². The molecule has 1 atom stereocenters. The molecule has 0 radical (unpaired) electrons. The maximum Gasteiger partial charge on any atom is 0.233 e. The van der Waals surface area contributed by atoms with E-state index < -0.39 is 0 Å². The Morgan fingerprint density at radius 1 is 1.30 bits per heavy atom. The molecule has 0 bridgehead atoms. The van der Waals surface area contributed by atoms with Crippen LogP contribution in [0.15, 0.2) is 50.8 Å². The molecule has 0 fully saturated rings. The van der Waals surface area contributed by atoms with Crippen LogP contribution in [-0.4, -0.2) is 31.3 Å². The number of fused-ring (bicyclic) bond motifs is 1. The first-order chi connectivity index (χ1) is 13.1. The second-order valence-electron chi connectivity index (χ2n) is 5.83. The Kier molecular flexibility index (Phi) is 4.87. The van der Waals surface area contributed by atoms with Gasteiger partial charge in [0.25, 0.3) is 0 Å². The third-order valence-electron chi connectivity index (χ3n) is 3.90. The molecule has 1 unspecified atom stereocenters. The van der Waals surface area contributed by atoms with Gasteiger partial charge in [0.1, 0.15) is 0 Å². The number of benzene rings is 1. The number of carbonyl (C=O) groups excluding carboxylic acids is 1. The maximum absolute atomic E-state index is 11.2. The number of hydrogen-bond acceptors (Lipinski definition) is 8. The molecule has 0 saturated heterocycles.